The summed E-state index contributed by atoms with van der Waals surface area (Å²) in [6, 6.07) is -7.84. The molecule has 0 aliphatic rings. The molecule has 39 nitrogen and oxygen atoms in total. The summed E-state index contributed by atoms with van der Waals surface area (Å²) < 4.78 is 0. The van der Waals surface area contributed by atoms with Crippen molar-refractivity contribution in [1.82, 2.24) is 26.6 Å². The van der Waals surface area contributed by atoms with Crippen molar-refractivity contribution in [3.05, 3.63) is 0 Å². The summed E-state index contributed by atoms with van der Waals surface area (Å²) in [6.07, 6.45) is -11.1. The molecule has 0 aromatic heterocycles. The molecule has 0 aromatic rings. The average molecular weight is 1460 g/mol. The van der Waals surface area contributed by atoms with E-state index in [2.05, 4.69) is 26.6 Å². The van der Waals surface area contributed by atoms with Gasteiger partial charge >= 0.3 is 35.8 Å². The Morgan fingerprint density at radius 1 is 0.275 bits per heavy atom. The minimum Gasteiger partial charge on any atom is -0.481 e. The molecule has 0 unspecified atom stereocenters. The fraction of sp³-hybridized carbons (Fsp3) is 0.651. The first-order valence-electron chi connectivity index (χ1n) is 32.5. The highest BCUT2D eigenvalue weighted by atomic mass is 16.4. The number of nitrogens with two attached hydrogens (primary N) is 6. The number of Topliss-reactive ketones (excluding diaryl/α,β-unsaturated/α-hetero) is 6. The lowest BCUT2D eigenvalue weighted by atomic mass is 9.88. The number of carbonyl (C=O) groups excluding carboxylic acids is 16. The maximum absolute atomic E-state index is 13.8. The van der Waals surface area contributed by atoms with Gasteiger partial charge in [-0.25, -0.2) is 0 Å². The summed E-state index contributed by atoms with van der Waals surface area (Å²) in [5, 5.41) is 66.6. The van der Waals surface area contributed by atoms with Gasteiger partial charge in [-0.1, -0.05) is 0 Å². The minimum absolute atomic E-state index is 0.0154. The lowest BCUT2D eigenvalue weighted by Crippen LogP contribution is -2.48. The van der Waals surface area contributed by atoms with Gasteiger partial charge in [-0.15, -0.1) is 0 Å². The van der Waals surface area contributed by atoms with Crippen LogP contribution in [0.1, 0.15) is 194 Å². The second kappa shape index (κ2) is 49.9. The molecule has 0 saturated carbocycles. The SMILES string of the molecule is CC(=O)C[C@@H](CCC(N)=O)C(=O)N[C@@H](CCC(=O)O)C(=O)C[C@@H](CCC(N)=O)C(=O)N[C@@H](CCC(=O)O)C(C)=O.C[C@H](CCC(=O)O)NC(=O)[C@H](CCC(N)=O)CC(=O)[C@H](CCC(=O)O)NC(=O)[C@H](CCC(N)=O)CC(=O)[C@H](CCC(=O)O)NC(=O)[C@H](CCC(N)=O)CC(=O)[C@@H](N)CCC(=O)O. The molecule has 39 heteroatoms. The predicted octanol–water partition coefficient (Wildman–Crippen LogP) is -3.25. The number of nitrogens with one attached hydrogen (secondary N) is 5. The van der Waals surface area contributed by atoms with Gasteiger partial charge in [-0.05, 0) is 91.4 Å². The van der Waals surface area contributed by atoms with Gasteiger partial charge in [0.15, 0.2) is 23.1 Å². The molecule has 0 saturated heterocycles. The van der Waals surface area contributed by atoms with Crippen LogP contribution in [0.5, 0.6) is 0 Å². The maximum atomic E-state index is 13.8. The fourth-order valence-corrected chi connectivity index (χ4v) is 9.87. The molecule has 0 radical (unpaired) electrons. The Labute approximate surface area is 584 Å². The van der Waals surface area contributed by atoms with Gasteiger partial charge in [0, 0.05) is 138 Å². The molecule has 572 valence electrons. The first-order chi connectivity index (χ1) is 47.3. The Balaban J connectivity index is 0. The Hall–Kier alpha value is -10.5. The van der Waals surface area contributed by atoms with Crippen LogP contribution in [-0.2, 0) is 105 Å². The summed E-state index contributed by atoms with van der Waals surface area (Å²) in [6.45, 7) is 3.87. The fourth-order valence-electron chi connectivity index (χ4n) is 9.87. The van der Waals surface area contributed by atoms with Gasteiger partial charge in [0.1, 0.15) is 11.6 Å². The van der Waals surface area contributed by atoms with E-state index in [4.69, 9.17) is 54.8 Å². The highest BCUT2D eigenvalue weighted by Gasteiger charge is 2.37. The van der Waals surface area contributed by atoms with Crippen LogP contribution in [-0.4, -0.2) is 196 Å². The van der Waals surface area contributed by atoms with Crippen molar-refractivity contribution in [3.8, 4) is 0 Å². The molecule has 0 aliphatic carbocycles. The minimum atomic E-state index is -1.65. The molecule has 0 rings (SSSR count). The highest BCUT2D eigenvalue weighted by molar-refractivity contribution is 5.99. The largest absolute Gasteiger partial charge is 0.481 e. The molecule has 0 aliphatic heterocycles. The first-order valence-corrected chi connectivity index (χ1v) is 32.5. The summed E-state index contributed by atoms with van der Waals surface area (Å²) >= 11 is 0. The van der Waals surface area contributed by atoms with E-state index < -0.39 is 280 Å². The second-order valence-electron chi connectivity index (χ2n) is 24.6. The van der Waals surface area contributed by atoms with Crippen molar-refractivity contribution < 1.29 is 136 Å². The van der Waals surface area contributed by atoms with Gasteiger partial charge in [0.05, 0.1) is 30.2 Å². The zero-order chi connectivity index (χ0) is 78.7. The van der Waals surface area contributed by atoms with E-state index in [1.165, 1.54) is 13.8 Å². The van der Waals surface area contributed by atoms with E-state index in [0.717, 1.165) is 6.92 Å². The Bertz CT molecular complexity index is 3050. The summed E-state index contributed by atoms with van der Waals surface area (Å²) in [4.78, 5) is 268. The molecule has 11 atom stereocenters. The molecule has 0 heterocycles. The number of carbonyl (C=O) groups is 22. The average Bonchev–Trinajstić information content (AvgIpc) is 0.864. The summed E-state index contributed by atoms with van der Waals surface area (Å²) in [7, 11) is 0. The topological polar surface area (TPSA) is 713 Å². The first kappa shape index (κ1) is 93.6. The number of amides is 10. The molecular weight excluding hydrogens is 1360 g/mol. The van der Waals surface area contributed by atoms with Crippen LogP contribution in [0.3, 0.4) is 0 Å². The quantitative estimate of drug-likeness (QED) is 0.0284. The van der Waals surface area contributed by atoms with Crippen molar-refractivity contribution >= 4 is 130 Å². The van der Waals surface area contributed by atoms with Crippen molar-refractivity contribution in [1.29, 1.82) is 0 Å². The van der Waals surface area contributed by atoms with Crippen LogP contribution in [0.4, 0.5) is 0 Å². The van der Waals surface area contributed by atoms with Gasteiger partial charge in [-0.2, -0.15) is 0 Å². The molecule has 0 aromatic carbocycles. The van der Waals surface area contributed by atoms with Crippen molar-refractivity contribution in [2.75, 3.05) is 0 Å². The molecular formula is C63H97N11O28. The summed E-state index contributed by atoms with van der Waals surface area (Å²) in [5.41, 5.74) is 31.8. The van der Waals surface area contributed by atoms with E-state index in [9.17, 15) is 116 Å². The van der Waals surface area contributed by atoms with Gasteiger partial charge in [0.25, 0.3) is 0 Å². The zero-order valence-corrected chi connectivity index (χ0v) is 57.1. The lowest BCUT2D eigenvalue weighted by Gasteiger charge is -2.26. The normalized spacial score (nSPS) is 14.0. The second-order valence-corrected chi connectivity index (χ2v) is 24.6. The smallest absolute Gasteiger partial charge is 0.303 e. The number of rotatable bonds is 58. The van der Waals surface area contributed by atoms with Crippen LogP contribution in [0.25, 0.3) is 0 Å². The number of hydrogen-bond donors (Lipinski definition) is 17. The Morgan fingerprint density at radius 3 is 0.735 bits per heavy atom. The Morgan fingerprint density at radius 2 is 0.490 bits per heavy atom. The number of carboxylic acid groups (broad SMARTS) is 6. The monoisotopic (exact) mass is 1460 g/mol. The van der Waals surface area contributed by atoms with Gasteiger partial charge in [-0.3, -0.25) is 101 Å². The van der Waals surface area contributed by atoms with E-state index in [1.807, 2.05) is 0 Å². The third kappa shape index (κ3) is 45.2. The van der Waals surface area contributed by atoms with Crippen LogP contribution in [0, 0.1) is 29.6 Å². The van der Waals surface area contributed by atoms with Crippen LogP contribution in [0.15, 0.2) is 0 Å². The number of carboxylic acids is 6. The number of primary amides is 5. The van der Waals surface area contributed by atoms with Gasteiger partial charge < -0.3 is 96.4 Å². The molecule has 23 N–H and O–H groups in total. The van der Waals surface area contributed by atoms with E-state index in [1.54, 1.807) is 0 Å². The lowest BCUT2D eigenvalue weighted by molar-refractivity contribution is -0.139. The van der Waals surface area contributed by atoms with Crippen LogP contribution < -0.4 is 61.0 Å². The Kier molecular flexibility index (Phi) is 45.8. The van der Waals surface area contributed by atoms with Crippen molar-refractivity contribution in [3.63, 3.8) is 0 Å². The van der Waals surface area contributed by atoms with Crippen LogP contribution >= 0.6 is 0 Å². The molecule has 10 amide bonds. The number of ketones is 6. The van der Waals surface area contributed by atoms with Crippen LogP contribution in [0.2, 0.25) is 0 Å². The zero-order valence-electron chi connectivity index (χ0n) is 57.1. The van der Waals surface area contributed by atoms with E-state index >= 15 is 0 Å². The molecule has 102 heavy (non-hydrogen) atoms. The number of aliphatic carboxylic acids is 6. The standard InChI is InChI=1S/C38H59N7O17.C25H38N4O11/c1-19(2-12-32(52)53)43-36(60)21(4-10-30(41)50)17-27(47)24(7-14-34(56)57)45-38(62)22(5-11-31(42)51)18-28(48)25(8-15-35(58)59)44-37(61)20(3-9-29(40)49)16-26(46)23(39)6-13-33(54)55;1-13(30)11-15(3-7-20(26)33)24(39)29-18(6-10-23(37)38)19(32)12-16(4-8-21(27)34)25(40)28-17(14(2)31)5-9-22(35)36/h19-25H,2-18,39H2,1H3,(H2,40,49)(H2,41,50)(H2,42,51)(H,43,60)(H,44,61)(H,45,62)(H,52,53)(H,54,55)(H,56,57)(H,58,59);15-18H,3-12H2,1-2H3,(H2,26,33)(H2,27,34)(H,28,40)(H,29,39)(H,35,36)(H,37,38)/t19-,20-,21-,22-,23+,24+,25+;15-,16-,17+,18+/m11/s1. The maximum Gasteiger partial charge on any atom is 0.303 e. The number of hydrogen-bond acceptors (Lipinski definition) is 23. The molecule has 0 fully saturated rings. The van der Waals surface area contributed by atoms with E-state index in [-0.39, 0.29) is 89.3 Å². The van der Waals surface area contributed by atoms with E-state index in [0.29, 0.717) is 0 Å². The highest BCUT2D eigenvalue weighted by Crippen LogP contribution is 2.23. The molecule has 0 spiro atoms. The third-order valence-corrected chi connectivity index (χ3v) is 15.6. The predicted molar refractivity (Wildman–Crippen MR) is 349 cm³/mol. The summed E-state index contributed by atoms with van der Waals surface area (Å²) in [5.74, 6) is -26.8. The molecule has 0 bridgehead atoms. The van der Waals surface area contributed by atoms with Crippen molar-refractivity contribution in [2.45, 2.75) is 230 Å². The van der Waals surface area contributed by atoms with Gasteiger partial charge in [0.2, 0.25) is 59.1 Å². The third-order valence-electron chi connectivity index (χ3n) is 15.6. The van der Waals surface area contributed by atoms with Crippen molar-refractivity contribution in [2.24, 2.45) is 64.0 Å².